The Morgan fingerprint density at radius 3 is 2.41 bits per heavy atom. The molecule has 9 aromatic rings. The van der Waals surface area contributed by atoms with Crippen LogP contribution < -0.4 is 4.57 Å². The summed E-state index contributed by atoms with van der Waals surface area (Å²) in [7, 11) is 0. The van der Waals surface area contributed by atoms with E-state index in [0.717, 1.165) is 55.2 Å². The molecule has 0 aliphatic heterocycles. The van der Waals surface area contributed by atoms with Crippen LogP contribution in [0.15, 0.2) is 132 Å². The smallest absolute Gasteiger partial charge is 0.268 e. The van der Waals surface area contributed by atoms with E-state index in [4.69, 9.17) is 9.40 Å². The van der Waals surface area contributed by atoms with Gasteiger partial charge in [0.2, 0.25) is 0 Å². The second-order valence-corrected chi connectivity index (χ2v) is 13.1. The molecule has 0 aliphatic carbocycles. The largest absolute Gasteiger partial charge is 0.463 e. The van der Waals surface area contributed by atoms with Gasteiger partial charge in [-0.05, 0) is 53.2 Å². The zero-order valence-corrected chi connectivity index (χ0v) is 29.4. The second-order valence-electron chi connectivity index (χ2n) is 13.1. The minimum absolute atomic E-state index is 0. The van der Waals surface area contributed by atoms with E-state index >= 15 is 0 Å². The molecule has 0 aliphatic rings. The summed E-state index contributed by atoms with van der Waals surface area (Å²) in [5.74, 6) is 0.712. The number of pyridine rings is 1. The molecule has 0 fully saturated rings. The van der Waals surface area contributed by atoms with Gasteiger partial charge >= 0.3 is 0 Å². The minimum Gasteiger partial charge on any atom is -0.463 e. The van der Waals surface area contributed by atoms with Crippen LogP contribution >= 0.6 is 0 Å². The third-order valence-corrected chi connectivity index (χ3v) is 8.95. The van der Waals surface area contributed by atoms with Gasteiger partial charge in [-0.2, -0.15) is 53.1 Å². The van der Waals surface area contributed by atoms with Gasteiger partial charge in [0, 0.05) is 34.7 Å². The average Bonchev–Trinajstić information content (AvgIpc) is 3.85. The van der Waals surface area contributed by atoms with Crippen LogP contribution in [-0.2, 0) is 32.9 Å². The standard InChI is InChI=1S/C43H32N4O.Pt/c1-43(2,3)32-22-30(23-34(26-32)46-28-45(33-11-5-4-6-12-33)38-15-9-10-16-39(38)46)21-29-17-18-36-35-13-7-8-14-37(35)47(40(36)24-29)42-25-31-19-20-48-41(31)27-44-42;/h4-20,22,25-27H,21H2,1-3H3;/q-2;/i21D2;. The number of hydrogen-bond acceptors (Lipinski definition) is 2. The van der Waals surface area contributed by atoms with Crippen LogP contribution in [0.25, 0.3) is 61.0 Å². The Labute approximate surface area is 302 Å². The summed E-state index contributed by atoms with van der Waals surface area (Å²) in [4.78, 5) is 4.75. The molecule has 49 heavy (non-hydrogen) atoms. The Balaban J connectivity index is 0.00000374. The van der Waals surface area contributed by atoms with E-state index in [2.05, 4.69) is 86.3 Å². The number of fused-ring (bicyclic) bond motifs is 5. The third-order valence-electron chi connectivity index (χ3n) is 8.95. The zero-order chi connectivity index (χ0) is 34.2. The van der Waals surface area contributed by atoms with Crippen LogP contribution in [0.1, 0.15) is 40.2 Å². The maximum atomic E-state index is 9.69. The molecule has 5 aromatic carbocycles. The Morgan fingerprint density at radius 1 is 0.796 bits per heavy atom. The molecule has 0 saturated carbocycles. The van der Waals surface area contributed by atoms with Crippen molar-refractivity contribution in [1.82, 2.24) is 14.1 Å². The first-order valence-electron chi connectivity index (χ1n) is 17.1. The molecule has 4 heterocycles. The van der Waals surface area contributed by atoms with Gasteiger partial charge in [0.15, 0.2) is 5.58 Å². The molecular weight excluding hydrogens is 784 g/mol. The van der Waals surface area contributed by atoms with E-state index in [0.29, 0.717) is 22.5 Å². The monoisotopic (exact) mass is 817 g/mol. The molecule has 5 nitrogen and oxygen atoms in total. The van der Waals surface area contributed by atoms with Crippen molar-refractivity contribution in [2.75, 3.05) is 0 Å². The summed E-state index contributed by atoms with van der Waals surface area (Å²) in [6.07, 6.45) is 5.00. The van der Waals surface area contributed by atoms with Gasteiger partial charge in [0.25, 0.3) is 6.33 Å². The van der Waals surface area contributed by atoms with E-state index in [-0.39, 0.29) is 26.5 Å². The van der Waals surface area contributed by atoms with Gasteiger partial charge in [-0.15, -0.1) is 5.39 Å². The molecule has 0 bridgehead atoms. The summed E-state index contributed by atoms with van der Waals surface area (Å²) in [6, 6.07) is 45.3. The van der Waals surface area contributed by atoms with Crippen LogP contribution in [0.4, 0.5) is 0 Å². The average molecular weight is 818 g/mol. The van der Waals surface area contributed by atoms with Crippen LogP contribution in [0.2, 0.25) is 0 Å². The topological polar surface area (TPSA) is 39.8 Å². The van der Waals surface area contributed by atoms with E-state index in [1.165, 1.54) is 0 Å². The maximum Gasteiger partial charge on any atom is 0.268 e. The number of furan rings is 1. The first-order chi connectivity index (χ1) is 24.2. The van der Waals surface area contributed by atoms with Gasteiger partial charge in [-0.1, -0.05) is 87.0 Å². The number of benzene rings is 5. The SMILES string of the molecule is [2H]C([2H])(c1[c-]c2c(cc1)c1ccccc1n2-c1cc2ccoc2cn1)c1[c-]c(-n2[c-][n+](-c3ccccc3)c3ccccc32)cc(C(C)(C)C)c1.[Pt]. The first kappa shape index (κ1) is 28.7. The molecular formula is C43H32N4OPt-2. The van der Waals surface area contributed by atoms with Crippen molar-refractivity contribution < 1.29 is 32.8 Å². The van der Waals surface area contributed by atoms with Crippen LogP contribution in [0.5, 0.6) is 0 Å². The fourth-order valence-corrected chi connectivity index (χ4v) is 6.51. The second kappa shape index (κ2) is 12.0. The van der Waals surface area contributed by atoms with E-state index < -0.39 is 6.37 Å². The van der Waals surface area contributed by atoms with Crippen molar-refractivity contribution in [2.45, 2.75) is 32.6 Å². The van der Waals surface area contributed by atoms with E-state index in [9.17, 15) is 2.74 Å². The third kappa shape index (κ3) is 5.39. The van der Waals surface area contributed by atoms with E-state index in [1.54, 1.807) is 12.5 Å². The van der Waals surface area contributed by atoms with Crippen molar-refractivity contribution in [3.05, 3.63) is 163 Å². The molecule has 0 amide bonds. The molecule has 4 aromatic heterocycles. The van der Waals surface area contributed by atoms with Crippen LogP contribution in [0, 0.1) is 18.5 Å². The molecule has 9 rings (SSSR count). The number of rotatable bonds is 5. The Kier molecular flexibility index (Phi) is 7.05. The van der Waals surface area contributed by atoms with Gasteiger partial charge < -0.3 is 13.6 Å². The maximum absolute atomic E-state index is 9.69. The van der Waals surface area contributed by atoms with E-state index in [1.807, 2.05) is 81.9 Å². The van der Waals surface area contributed by atoms with Gasteiger partial charge in [0.1, 0.15) is 5.82 Å². The van der Waals surface area contributed by atoms with Crippen LogP contribution in [-0.4, -0.2) is 14.1 Å². The molecule has 0 saturated heterocycles. The normalized spacial score (nSPS) is 12.8. The Hall–Kier alpha value is -5.25. The van der Waals surface area contributed by atoms with Gasteiger partial charge in [-0.25, -0.2) is 4.98 Å². The first-order valence-corrected chi connectivity index (χ1v) is 16.1. The fourth-order valence-electron chi connectivity index (χ4n) is 6.51. The number of aromatic nitrogens is 4. The predicted molar refractivity (Wildman–Crippen MR) is 191 cm³/mol. The number of nitrogens with zero attached hydrogens (tertiary/aromatic N) is 4. The molecule has 0 atom stereocenters. The fraction of sp³-hybridized carbons (Fsp3) is 0.116. The molecule has 6 heteroatoms. The predicted octanol–water partition coefficient (Wildman–Crippen LogP) is 9.43. The molecule has 0 radical (unpaired) electrons. The molecule has 0 spiro atoms. The summed E-state index contributed by atoms with van der Waals surface area (Å²) in [6.45, 7) is 6.44. The zero-order valence-electron chi connectivity index (χ0n) is 29.1. The summed E-state index contributed by atoms with van der Waals surface area (Å²) >= 11 is 0. The van der Waals surface area contributed by atoms with Gasteiger partial charge in [-0.3, -0.25) is 4.57 Å². The Morgan fingerprint density at radius 2 is 1.57 bits per heavy atom. The quantitative estimate of drug-likeness (QED) is 0.128. The van der Waals surface area contributed by atoms with Crippen molar-refractivity contribution in [1.29, 1.82) is 0 Å². The van der Waals surface area contributed by atoms with Crippen molar-refractivity contribution in [3.63, 3.8) is 0 Å². The summed E-state index contributed by atoms with van der Waals surface area (Å²) in [5.41, 5.74) is 7.65. The van der Waals surface area contributed by atoms with Crippen molar-refractivity contribution in [2.24, 2.45) is 0 Å². The summed E-state index contributed by atoms with van der Waals surface area (Å²) < 4.78 is 31.0. The number of imidazole rings is 1. The van der Waals surface area contributed by atoms with Gasteiger partial charge in [0.05, 0.1) is 29.2 Å². The molecule has 0 N–H and O–H groups in total. The summed E-state index contributed by atoms with van der Waals surface area (Å²) in [5, 5.41) is 2.96. The van der Waals surface area contributed by atoms with Crippen molar-refractivity contribution >= 4 is 43.8 Å². The minimum atomic E-state index is -1.94. The Bertz CT molecular complexity index is 2740. The molecule has 0 unspecified atom stereocenters. The van der Waals surface area contributed by atoms with Crippen LogP contribution in [0.3, 0.4) is 0 Å². The molecule has 242 valence electrons. The number of para-hydroxylation sites is 4. The number of hydrogen-bond donors (Lipinski definition) is 0. The van der Waals surface area contributed by atoms with Crippen molar-refractivity contribution in [3.8, 4) is 17.2 Å².